The van der Waals surface area contributed by atoms with Crippen molar-refractivity contribution in [3.8, 4) is 0 Å². The maximum absolute atomic E-state index is 12.7. The predicted molar refractivity (Wildman–Crippen MR) is 101 cm³/mol. The van der Waals surface area contributed by atoms with Gasteiger partial charge in [-0.15, -0.1) is 11.3 Å². The van der Waals surface area contributed by atoms with E-state index in [0.29, 0.717) is 0 Å². The van der Waals surface area contributed by atoms with Crippen molar-refractivity contribution < 1.29 is 38.6 Å². The number of aromatic nitrogens is 1. The van der Waals surface area contributed by atoms with E-state index in [0.717, 1.165) is 16.4 Å². The van der Waals surface area contributed by atoms with Crippen LogP contribution in [0.5, 0.6) is 0 Å². The average Bonchev–Trinajstić information content (AvgIpc) is 3.09. The van der Waals surface area contributed by atoms with Crippen LogP contribution in [-0.2, 0) is 28.4 Å². The molecule has 1 aromatic heterocycles. The topological polar surface area (TPSA) is 194 Å². The number of nitrogens with zero attached hydrogens (tertiary/aromatic N) is 3. The lowest BCUT2D eigenvalue weighted by Crippen LogP contribution is -2.69. The number of carbonyl (C=O) groups is 3. The number of carbonyl (C=O) groups excluding carboxylic acids is 2. The van der Waals surface area contributed by atoms with Gasteiger partial charge < -0.3 is 26.1 Å². The molecule has 1 aliphatic heterocycles. The first kappa shape index (κ1) is 22.7. The monoisotopic (exact) mass is 449 g/mol. The molecular weight excluding hydrogens is 429 g/mol. The number of nitrogens with one attached hydrogen (secondary N) is 1. The number of hydroxylamine groups is 2. The average molecular weight is 449 g/mol. The minimum absolute atomic E-state index is 0.0315. The Morgan fingerprint density at radius 2 is 2.17 bits per heavy atom. The summed E-state index contributed by atoms with van der Waals surface area (Å²) >= 11 is 1.02. The fourth-order valence-corrected chi connectivity index (χ4v) is 3.14. The van der Waals surface area contributed by atoms with Gasteiger partial charge in [0.2, 0.25) is 13.6 Å². The Bertz CT molecular complexity index is 872. The number of thiazole rings is 1. The SMILES string of the molecule is C[C@H]1[C@H](NC(=O)/C(=N\OC(C)(C)C(=O)O)c2csc(N)n2)C(=O)N1O[PH](=O)CO. The quantitative estimate of drug-likeness (QED) is 0.163. The van der Waals surface area contributed by atoms with Gasteiger partial charge in [0.05, 0.1) is 6.04 Å². The lowest BCUT2D eigenvalue weighted by molar-refractivity contribution is -0.194. The first-order valence-electron chi connectivity index (χ1n) is 8.14. The summed E-state index contributed by atoms with van der Waals surface area (Å²) in [5.41, 5.74) is 3.49. The number of aliphatic carboxylic acids is 1. The van der Waals surface area contributed by atoms with Gasteiger partial charge in [-0.05, 0) is 20.8 Å². The van der Waals surface area contributed by atoms with Gasteiger partial charge >= 0.3 is 5.97 Å². The van der Waals surface area contributed by atoms with Crippen LogP contribution in [0.4, 0.5) is 5.13 Å². The standard InChI is InChI=1S/C14H20N5O8PS/c1-6-8(11(22)19(6)27-28(25)5-20)17-10(21)9(7-4-29-13(15)16-7)18-26-14(2,3)12(23)24/h4,6,8,20,28H,5H2,1-3H3,(H2,15,16)(H,17,21)(H,23,24)/b18-9-/t6-,8-/m0/s1. The third-order valence-corrected chi connectivity index (χ3v) is 5.14. The Morgan fingerprint density at radius 1 is 1.52 bits per heavy atom. The number of hydrogen-bond donors (Lipinski definition) is 4. The van der Waals surface area contributed by atoms with Crippen molar-refractivity contribution in [2.24, 2.45) is 5.16 Å². The molecule has 1 saturated heterocycles. The number of oxime groups is 1. The van der Waals surface area contributed by atoms with Crippen molar-refractivity contribution in [2.45, 2.75) is 38.5 Å². The van der Waals surface area contributed by atoms with E-state index >= 15 is 0 Å². The first-order chi connectivity index (χ1) is 13.5. The molecule has 0 aromatic carbocycles. The Kier molecular flexibility index (Phi) is 6.95. The largest absolute Gasteiger partial charge is 0.478 e. The molecule has 160 valence electrons. The number of nitrogens with two attached hydrogens (primary N) is 1. The summed E-state index contributed by atoms with van der Waals surface area (Å²) in [5.74, 6) is -2.86. The summed E-state index contributed by atoms with van der Waals surface area (Å²) in [5, 5.41) is 26.3. The summed E-state index contributed by atoms with van der Waals surface area (Å²) < 4.78 is 16.1. The maximum Gasteiger partial charge on any atom is 0.350 e. The predicted octanol–water partition coefficient (Wildman–Crippen LogP) is -0.619. The highest BCUT2D eigenvalue weighted by molar-refractivity contribution is 7.38. The molecule has 0 aliphatic carbocycles. The number of carboxylic acids is 1. The molecule has 2 heterocycles. The second-order valence-corrected chi connectivity index (χ2v) is 8.53. The van der Waals surface area contributed by atoms with Crippen LogP contribution in [0.15, 0.2) is 10.5 Å². The minimum atomic E-state index is -2.82. The maximum atomic E-state index is 12.7. The van der Waals surface area contributed by atoms with E-state index in [2.05, 4.69) is 15.5 Å². The Morgan fingerprint density at radius 3 is 2.66 bits per heavy atom. The highest BCUT2D eigenvalue weighted by atomic mass is 32.1. The van der Waals surface area contributed by atoms with Crippen LogP contribution in [0, 0.1) is 0 Å². The minimum Gasteiger partial charge on any atom is -0.478 e. The molecule has 3 atom stereocenters. The van der Waals surface area contributed by atoms with Crippen molar-refractivity contribution in [1.29, 1.82) is 0 Å². The van der Waals surface area contributed by atoms with Crippen LogP contribution < -0.4 is 11.1 Å². The molecule has 13 nitrogen and oxygen atoms in total. The number of nitrogen functional groups attached to an aromatic ring is 1. The molecule has 0 saturated carbocycles. The van der Waals surface area contributed by atoms with Crippen molar-refractivity contribution in [3.05, 3.63) is 11.1 Å². The molecule has 29 heavy (non-hydrogen) atoms. The zero-order valence-electron chi connectivity index (χ0n) is 15.6. The van der Waals surface area contributed by atoms with Gasteiger partial charge in [-0.2, -0.15) is 0 Å². The lowest BCUT2D eigenvalue weighted by Gasteiger charge is -2.43. The number of amides is 2. The third kappa shape index (κ3) is 5.09. The Labute approximate surface area is 169 Å². The molecule has 1 aliphatic rings. The molecule has 2 amide bonds. The van der Waals surface area contributed by atoms with E-state index in [1.54, 1.807) is 0 Å². The molecule has 1 aromatic rings. The second-order valence-electron chi connectivity index (χ2n) is 6.39. The Balaban J connectivity index is 2.18. The molecule has 0 spiro atoms. The molecular formula is C14H20N5O8PS. The van der Waals surface area contributed by atoms with Crippen LogP contribution in [0.1, 0.15) is 26.5 Å². The molecule has 2 rings (SSSR count). The number of β-lactam (4-membered cyclic amide) rings is 1. The van der Waals surface area contributed by atoms with Gasteiger partial charge in [0, 0.05) is 5.38 Å². The van der Waals surface area contributed by atoms with Crippen LogP contribution in [0.2, 0.25) is 0 Å². The van der Waals surface area contributed by atoms with E-state index in [1.807, 2.05) is 0 Å². The molecule has 5 N–H and O–H groups in total. The van der Waals surface area contributed by atoms with E-state index in [-0.39, 0.29) is 16.5 Å². The second kappa shape index (κ2) is 8.86. The van der Waals surface area contributed by atoms with Crippen molar-refractivity contribution in [3.63, 3.8) is 0 Å². The van der Waals surface area contributed by atoms with Crippen molar-refractivity contribution in [1.82, 2.24) is 15.4 Å². The van der Waals surface area contributed by atoms with Crippen LogP contribution >= 0.6 is 19.4 Å². The number of anilines is 1. The lowest BCUT2D eigenvalue weighted by atomic mass is 10.00. The molecule has 1 fully saturated rings. The van der Waals surface area contributed by atoms with E-state index in [4.69, 9.17) is 25.4 Å². The van der Waals surface area contributed by atoms with Gasteiger partial charge in [-0.25, -0.2) is 19.5 Å². The highest BCUT2D eigenvalue weighted by Gasteiger charge is 2.48. The van der Waals surface area contributed by atoms with E-state index < -0.39 is 49.8 Å². The summed E-state index contributed by atoms with van der Waals surface area (Å²) in [6.07, 6.45) is -0.725. The molecule has 1 unspecified atom stereocenters. The Hall–Kier alpha value is -2.54. The highest BCUT2D eigenvalue weighted by Crippen LogP contribution is 2.30. The van der Waals surface area contributed by atoms with Crippen LogP contribution in [0.25, 0.3) is 0 Å². The smallest absolute Gasteiger partial charge is 0.350 e. The summed E-state index contributed by atoms with van der Waals surface area (Å²) in [6, 6.07) is -1.70. The van der Waals surface area contributed by atoms with Crippen LogP contribution in [0.3, 0.4) is 0 Å². The van der Waals surface area contributed by atoms with Gasteiger partial charge in [0.15, 0.2) is 10.8 Å². The fourth-order valence-electron chi connectivity index (χ4n) is 2.06. The first-order valence-corrected chi connectivity index (χ1v) is 10.5. The number of carboxylic acid groups (broad SMARTS) is 1. The summed E-state index contributed by atoms with van der Waals surface area (Å²) in [7, 11) is -2.82. The van der Waals surface area contributed by atoms with Gasteiger partial charge in [0.1, 0.15) is 18.1 Å². The van der Waals surface area contributed by atoms with Crippen molar-refractivity contribution in [2.75, 3.05) is 12.1 Å². The fraction of sp³-hybridized carbons (Fsp3) is 0.500. The zero-order valence-corrected chi connectivity index (χ0v) is 17.4. The van der Waals surface area contributed by atoms with Crippen molar-refractivity contribution >= 4 is 48.0 Å². The van der Waals surface area contributed by atoms with Crippen LogP contribution in [-0.4, -0.2) is 67.8 Å². The van der Waals surface area contributed by atoms with Gasteiger partial charge in [0.25, 0.3) is 11.8 Å². The molecule has 15 heteroatoms. The van der Waals surface area contributed by atoms with Gasteiger partial charge in [-0.1, -0.05) is 5.16 Å². The zero-order chi connectivity index (χ0) is 21.9. The van der Waals surface area contributed by atoms with E-state index in [9.17, 15) is 18.9 Å². The van der Waals surface area contributed by atoms with Gasteiger partial charge in [-0.3, -0.25) is 14.2 Å². The number of aliphatic hydroxyl groups is 1. The number of hydrogen-bond acceptors (Lipinski definition) is 11. The van der Waals surface area contributed by atoms with E-state index in [1.165, 1.54) is 26.2 Å². The summed E-state index contributed by atoms with van der Waals surface area (Å²) in [6.45, 7) is 4.00. The summed E-state index contributed by atoms with van der Waals surface area (Å²) in [4.78, 5) is 44.9. The molecule has 0 radical (unpaired) electrons. The number of aliphatic hydroxyl groups excluding tert-OH is 1. The number of rotatable bonds is 9. The normalized spacial score (nSPS) is 20.8. The third-order valence-electron chi connectivity index (χ3n) is 3.81. The molecule has 0 bridgehead atoms.